The van der Waals surface area contributed by atoms with Crippen molar-refractivity contribution in [1.29, 1.82) is 0 Å². The van der Waals surface area contributed by atoms with Gasteiger partial charge in [0, 0.05) is 32.2 Å². The third kappa shape index (κ3) is 5.88. The van der Waals surface area contributed by atoms with Gasteiger partial charge in [0.05, 0.1) is 29.6 Å². The second-order valence-corrected chi connectivity index (χ2v) is 9.14. The molecule has 1 saturated heterocycles. The number of benzene rings is 1. The molecule has 1 aliphatic heterocycles. The zero-order chi connectivity index (χ0) is 25.7. The van der Waals surface area contributed by atoms with Gasteiger partial charge >= 0.3 is 0 Å². The van der Waals surface area contributed by atoms with Crippen LogP contribution in [0, 0.1) is 5.92 Å². The molecule has 1 aromatic carbocycles. The summed E-state index contributed by atoms with van der Waals surface area (Å²) in [5, 5.41) is 10.6. The van der Waals surface area contributed by atoms with Gasteiger partial charge in [-0.3, -0.25) is 14.3 Å². The number of rotatable bonds is 9. The van der Waals surface area contributed by atoms with E-state index in [9.17, 15) is 9.59 Å². The van der Waals surface area contributed by atoms with Gasteiger partial charge in [-0.25, -0.2) is 9.97 Å². The first-order chi connectivity index (χ1) is 17.4. The van der Waals surface area contributed by atoms with Gasteiger partial charge in [-0.1, -0.05) is 13.0 Å². The van der Waals surface area contributed by atoms with E-state index in [0.29, 0.717) is 58.7 Å². The van der Waals surface area contributed by atoms with Crippen molar-refractivity contribution in [3.8, 4) is 17.1 Å². The molecule has 4 rings (SSSR count). The summed E-state index contributed by atoms with van der Waals surface area (Å²) >= 11 is 0. The first-order valence-electron chi connectivity index (χ1n) is 12.2. The molecule has 2 aromatic heterocycles. The fourth-order valence-corrected chi connectivity index (χ4v) is 4.40. The second kappa shape index (κ2) is 11.3. The van der Waals surface area contributed by atoms with E-state index in [2.05, 4.69) is 37.6 Å². The topological polar surface area (TPSA) is 114 Å². The summed E-state index contributed by atoms with van der Waals surface area (Å²) in [7, 11) is 5.48. The average molecular weight is 492 g/mol. The Morgan fingerprint density at radius 3 is 2.58 bits per heavy atom. The van der Waals surface area contributed by atoms with Crippen LogP contribution in [0.4, 0.5) is 17.2 Å². The van der Waals surface area contributed by atoms with Crippen molar-refractivity contribution < 1.29 is 14.3 Å². The highest BCUT2D eigenvalue weighted by Gasteiger charge is 2.21. The minimum absolute atomic E-state index is 0.0595. The zero-order valence-electron chi connectivity index (χ0n) is 21.2. The maximum absolute atomic E-state index is 12.7. The number of aromatic nitrogens is 4. The van der Waals surface area contributed by atoms with Crippen molar-refractivity contribution in [1.82, 2.24) is 24.6 Å². The number of nitrogens with zero attached hydrogens (tertiary/aromatic N) is 5. The number of ether oxygens (including phenoxy) is 1. The Balaban J connectivity index is 1.59. The number of ketones is 1. The maximum atomic E-state index is 12.7. The van der Waals surface area contributed by atoms with Gasteiger partial charge in [-0.15, -0.1) is 0 Å². The van der Waals surface area contributed by atoms with E-state index < -0.39 is 0 Å². The van der Waals surface area contributed by atoms with Gasteiger partial charge in [0.25, 0.3) is 0 Å². The van der Waals surface area contributed by atoms with Gasteiger partial charge in [0.2, 0.25) is 5.91 Å². The van der Waals surface area contributed by atoms with E-state index in [0.717, 1.165) is 25.9 Å². The number of methoxy groups -OCH3 is 1. The summed E-state index contributed by atoms with van der Waals surface area (Å²) in [4.78, 5) is 36.4. The minimum atomic E-state index is -0.0709. The number of aryl methyl sites for hydroxylation is 1. The lowest BCUT2D eigenvalue weighted by molar-refractivity contribution is -0.117. The van der Waals surface area contributed by atoms with Crippen molar-refractivity contribution in [3.05, 3.63) is 42.4 Å². The Kier molecular flexibility index (Phi) is 7.94. The molecule has 0 saturated carbocycles. The van der Waals surface area contributed by atoms with Crippen molar-refractivity contribution in [2.45, 2.75) is 32.6 Å². The van der Waals surface area contributed by atoms with Crippen LogP contribution in [0.25, 0.3) is 11.4 Å². The van der Waals surface area contributed by atoms with Crippen molar-refractivity contribution in [2.24, 2.45) is 13.0 Å². The lowest BCUT2D eigenvalue weighted by Gasteiger charge is -2.28. The fraction of sp³-hybridized carbons (Fsp3) is 0.423. The molecule has 10 nitrogen and oxygen atoms in total. The van der Waals surface area contributed by atoms with E-state index in [1.807, 2.05) is 18.2 Å². The Morgan fingerprint density at radius 1 is 1.14 bits per heavy atom. The molecule has 0 radical (unpaired) electrons. The maximum Gasteiger partial charge on any atom is 0.225 e. The molecule has 1 fully saturated rings. The lowest BCUT2D eigenvalue weighted by atomic mass is 9.93. The molecule has 0 atom stereocenters. The molecule has 3 aromatic rings. The van der Waals surface area contributed by atoms with Gasteiger partial charge in [0.1, 0.15) is 12.1 Å². The van der Waals surface area contributed by atoms with Crippen LogP contribution in [-0.2, 0) is 11.8 Å². The van der Waals surface area contributed by atoms with Crippen LogP contribution in [-0.4, -0.2) is 63.6 Å². The molecule has 190 valence electrons. The molecule has 0 bridgehead atoms. The first-order valence-corrected chi connectivity index (χ1v) is 12.2. The third-order valence-corrected chi connectivity index (χ3v) is 6.43. The predicted molar refractivity (Wildman–Crippen MR) is 139 cm³/mol. The van der Waals surface area contributed by atoms with E-state index in [4.69, 9.17) is 4.74 Å². The second-order valence-electron chi connectivity index (χ2n) is 9.14. The van der Waals surface area contributed by atoms with Crippen LogP contribution < -0.4 is 15.4 Å². The van der Waals surface area contributed by atoms with E-state index in [1.54, 1.807) is 38.2 Å². The van der Waals surface area contributed by atoms with E-state index in [-0.39, 0.29) is 11.7 Å². The molecule has 1 amide bonds. The number of anilines is 3. The Bertz CT molecular complexity index is 1230. The number of likely N-dealkylation sites (tertiary alicyclic amines) is 1. The number of carbonyl (C=O) groups excluding carboxylic acids is 2. The molecule has 0 aliphatic carbocycles. The number of carbonyl (C=O) groups is 2. The number of piperidine rings is 1. The average Bonchev–Trinajstić information content (AvgIpc) is 3.31. The van der Waals surface area contributed by atoms with Crippen LogP contribution in [0.3, 0.4) is 0 Å². The molecule has 10 heteroatoms. The largest absolute Gasteiger partial charge is 0.494 e. The molecule has 1 aliphatic rings. The number of amides is 1. The minimum Gasteiger partial charge on any atom is -0.494 e. The molecule has 3 heterocycles. The van der Waals surface area contributed by atoms with Gasteiger partial charge in [-0.05, 0) is 51.0 Å². The van der Waals surface area contributed by atoms with Crippen molar-refractivity contribution >= 4 is 28.9 Å². The van der Waals surface area contributed by atoms with Crippen LogP contribution in [0.5, 0.6) is 5.75 Å². The summed E-state index contributed by atoms with van der Waals surface area (Å²) in [6, 6.07) is 7.28. The van der Waals surface area contributed by atoms with E-state index in [1.165, 1.54) is 6.20 Å². The van der Waals surface area contributed by atoms with Crippen LogP contribution in [0.15, 0.2) is 36.8 Å². The Labute approximate surface area is 211 Å². The fourth-order valence-electron chi connectivity index (χ4n) is 4.40. The Hall–Kier alpha value is -3.79. The molecule has 0 spiro atoms. The van der Waals surface area contributed by atoms with Crippen molar-refractivity contribution in [2.75, 3.05) is 37.9 Å². The predicted octanol–water partition coefficient (Wildman–Crippen LogP) is 3.89. The highest BCUT2D eigenvalue weighted by atomic mass is 16.5. The Morgan fingerprint density at radius 2 is 1.92 bits per heavy atom. The zero-order valence-corrected chi connectivity index (χ0v) is 21.2. The van der Waals surface area contributed by atoms with Crippen LogP contribution >= 0.6 is 0 Å². The van der Waals surface area contributed by atoms with Gasteiger partial charge in [-0.2, -0.15) is 5.10 Å². The number of para-hydroxylation sites is 1. The summed E-state index contributed by atoms with van der Waals surface area (Å²) in [6.45, 7) is 3.82. The number of hydrogen-bond acceptors (Lipinski definition) is 8. The summed E-state index contributed by atoms with van der Waals surface area (Å²) < 4.78 is 7.32. The smallest absolute Gasteiger partial charge is 0.225 e. The number of nitrogens with one attached hydrogen (secondary N) is 2. The third-order valence-electron chi connectivity index (χ3n) is 6.43. The van der Waals surface area contributed by atoms with Crippen molar-refractivity contribution in [3.63, 3.8) is 0 Å². The van der Waals surface area contributed by atoms with Gasteiger partial charge < -0.3 is 20.3 Å². The van der Waals surface area contributed by atoms with E-state index >= 15 is 0 Å². The quantitative estimate of drug-likeness (QED) is 0.433. The molecule has 2 N–H and O–H groups in total. The molecular formula is C26H33N7O3. The highest BCUT2D eigenvalue weighted by Crippen LogP contribution is 2.37. The number of Topliss-reactive ketones (excluding diaryl/α,β-unsaturated/α-hetero) is 1. The number of pyridine rings is 1. The lowest BCUT2D eigenvalue weighted by Crippen LogP contribution is -2.32. The monoisotopic (exact) mass is 491 g/mol. The normalized spacial score (nSPS) is 14.4. The summed E-state index contributed by atoms with van der Waals surface area (Å²) in [6.07, 6.45) is 5.94. The molecule has 36 heavy (non-hydrogen) atoms. The van der Waals surface area contributed by atoms with Crippen LogP contribution in [0.1, 0.15) is 43.0 Å². The molecule has 0 unspecified atom stereocenters. The summed E-state index contributed by atoms with van der Waals surface area (Å²) in [5.41, 5.74) is 2.33. The van der Waals surface area contributed by atoms with Crippen LogP contribution in [0.2, 0.25) is 0 Å². The molecular weight excluding hydrogens is 458 g/mol. The highest BCUT2D eigenvalue weighted by molar-refractivity contribution is 6.02. The standard InChI is InChI=1S/C26H33N7O3/c1-5-22(34)19-15-27-23(30-24(35)13-17-9-11-32(2)12-10-17)14-21(19)29-20-8-6-7-18(25(20)36-4)26-28-16-33(3)31-26/h6-8,14-17H,5,9-13H2,1-4H3,(H2,27,29,30,35). The SMILES string of the molecule is CCC(=O)c1cnc(NC(=O)CC2CCN(C)CC2)cc1Nc1cccc(-c2ncn(C)n2)c1OC. The summed E-state index contributed by atoms with van der Waals surface area (Å²) in [5.74, 6) is 1.70. The van der Waals surface area contributed by atoms with Gasteiger partial charge in [0.15, 0.2) is 17.4 Å². The number of hydrogen-bond donors (Lipinski definition) is 2. The first kappa shape index (κ1) is 25.3.